The first-order chi connectivity index (χ1) is 9.58. The van der Waals surface area contributed by atoms with Gasteiger partial charge in [0.05, 0.1) is 5.56 Å². The molecule has 0 aliphatic carbocycles. The van der Waals surface area contributed by atoms with Crippen molar-refractivity contribution in [3.05, 3.63) is 29.3 Å². The molecule has 1 aromatic rings. The molecule has 0 aliphatic rings. The zero-order valence-corrected chi connectivity index (χ0v) is 11.6. The molecule has 0 aromatic heterocycles. The van der Waals surface area contributed by atoms with Gasteiger partial charge in [-0.2, -0.15) is 26.3 Å². The average molecular weight is 314 g/mol. The minimum absolute atomic E-state index is 0.00295. The van der Waals surface area contributed by atoms with Gasteiger partial charge >= 0.3 is 12.4 Å². The third-order valence-corrected chi connectivity index (χ3v) is 2.88. The number of anilines is 1. The van der Waals surface area contributed by atoms with Crippen molar-refractivity contribution in [1.82, 2.24) is 5.32 Å². The van der Waals surface area contributed by atoms with Crippen LogP contribution in [0.2, 0.25) is 0 Å². The molecule has 120 valence electrons. The van der Waals surface area contributed by atoms with E-state index < -0.39 is 24.5 Å². The normalized spacial score (nSPS) is 12.6. The fourth-order valence-electron chi connectivity index (χ4n) is 1.97. The first-order valence-electron chi connectivity index (χ1n) is 6.25. The van der Waals surface area contributed by atoms with E-state index >= 15 is 0 Å². The molecular weight excluding hydrogens is 298 g/mol. The van der Waals surface area contributed by atoms with E-state index in [0.29, 0.717) is 0 Å². The summed E-state index contributed by atoms with van der Waals surface area (Å²) in [7, 11) is 1.50. The van der Waals surface area contributed by atoms with Crippen molar-refractivity contribution in [3.8, 4) is 0 Å². The molecule has 0 saturated heterocycles. The van der Waals surface area contributed by atoms with Crippen molar-refractivity contribution in [3.63, 3.8) is 0 Å². The maximum Gasteiger partial charge on any atom is 0.416 e. The van der Waals surface area contributed by atoms with Crippen LogP contribution in [0.3, 0.4) is 0 Å². The van der Waals surface area contributed by atoms with E-state index in [2.05, 4.69) is 5.32 Å². The Hall–Kier alpha value is -1.44. The Morgan fingerprint density at radius 2 is 1.71 bits per heavy atom. The molecule has 0 bridgehead atoms. The van der Waals surface area contributed by atoms with Crippen molar-refractivity contribution in [2.24, 2.45) is 0 Å². The molecule has 2 nitrogen and oxygen atoms in total. The number of hydrogen-bond donors (Lipinski definition) is 1. The first-order valence-corrected chi connectivity index (χ1v) is 6.25. The molecule has 0 heterocycles. The molecule has 0 saturated carbocycles. The van der Waals surface area contributed by atoms with Gasteiger partial charge < -0.3 is 10.2 Å². The molecule has 0 radical (unpaired) electrons. The Kier molecular flexibility index (Phi) is 5.49. The molecule has 1 rings (SSSR count). The molecule has 0 atom stereocenters. The molecule has 1 aromatic carbocycles. The highest BCUT2D eigenvalue weighted by Gasteiger charge is 2.35. The molecule has 21 heavy (non-hydrogen) atoms. The standard InChI is InChI=1S/C13H16F6N2/c1-3-21(8-12(14,15)16)10-5-4-9(7-20-2)11(6-10)13(17,18)19/h4-6,20H,3,7-8H2,1-2H3. The molecule has 8 heteroatoms. The van der Waals surface area contributed by atoms with Crippen LogP contribution in [-0.2, 0) is 12.7 Å². The number of hydrogen-bond acceptors (Lipinski definition) is 2. The summed E-state index contributed by atoms with van der Waals surface area (Å²) in [5.41, 5.74) is -1.02. The van der Waals surface area contributed by atoms with Gasteiger partial charge in [-0.25, -0.2) is 0 Å². The Balaban J connectivity index is 3.20. The summed E-state index contributed by atoms with van der Waals surface area (Å²) < 4.78 is 76.3. The summed E-state index contributed by atoms with van der Waals surface area (Å²) >= 11 is 0. The lowest BCUT2D eigenvalue weighted by Crippen LogP contribution is -2.34. The van der Waals surface area contributed by atoms with E-state index in [1.54, 1.807) is 0 Å². The molecule has 0 aliphatic heterocycles. The number of nitrogens with one attached hydrogen (secondary N) is 1. The number of nitrogens with zero attached hydrogens (tertiary/aromatic N) is 1. The Labute approximate surface area is 118 Å². The Bertz CT molecular complexity index is 467. The summed E-state index contributed by atoms with van der Waals surface area (Å²) in [5.74, 6) is 0. The molecule has 0 unspecified atom stereocenters. The lowest BCUT2D eigenvalue weighted by atomic mass is 10.1. The second-order valence-electron chi connectivity index (χ2n) is 4.50. The smallest absolute Gasteiger partial charge is 0.363 e. The maximum atomic E-state index is 13.0. The van der Waals surface area contributed by atoms with Crippen LogP contribution in [0, 0.1) is 0 Å². The largest absolute Gasteiger partial charge is 0.416 e. The number of alkyl halides is 6. The molecule has 0 amide bonds. The summed E-state index contributed by atoms with van der Waals surface area (Å²) in [6.07, 6.45) is -9.09. The zero-order valence-electron chi connectivity index (χ0n) is 11.6. The lowest BCUT2D eigenvalue weighted by Gasteiger charge is -2.26. The van der Waals surface area contributed by atoms with Crippen molar-refractivity contribution < 1.29 is 26.3 Å². The summed E-state index contributed by atoms with van der Waals surface area (Å²) in [5, 5.41) is 2.60. The average Bonchev–Trinajstić information content (AvgIpc) is 2.34. The van der Waals surface area contributed by atoms with Gasteiger partial charge in [0.25, 0.3) is 0 Å². The first kappa shape index (κ1) is 17.6. The number of halogens is 6. The van der Waals surface area contributed by atoms with Crippen LogP contribution in [0.1, 0.15) is 18.1 Å². The third kappa shape index (κ3) is 5.11. The summed E-state index contributed by atoms with van der Waals surface area (Å²) in [6, 6.07) is 3.24. The highest BCUT2D eigenvalue weighted by Crippen LogP contribution is 2.35. The van der Waals surface area contributed by atoms with Crippen LogP contribution in [0.5, 0.6) is 0 Å². The van der Waals surface area contributed by atoms with Crippen molar-refractivity contribution >= 4 is 5.69 Å². The number of rotatable bonds is 5. The highest BCUT2D eigenvalue weighted by molar-refractivity contribution is 5.52. The van der Waals surface area contributed by atoms with Gasteiger partial charge in [0.1, 0.15) is 6.54 Å². The second kappa shape index (κ2) is 6.55. The van der Waals surface area contributed by atoms with E-state index in [1.165, 1.54) is 26.1 Å². The third-order valence-electron chi connectivity index (χ3n) is 2.88. The van der Waals surface area contributed by atoms with Gasteiger partial charge in [0.15, 0.2) is 0 Å². The van der Waals surface area contributed by atoms with E-state index in [0.717, 1.165) is 11.0 Å². The van der Waals surface area contributed by atoms with Gasteiger partial charge in [-0.1, -0.05) is 6.07 Å². The monoisotopic (exact) mass is 314 g/mol. The van der Waals surface area contributed by atoms with E-state index in [1.807, 2.05) is 0 Å². The SMILES string of the molecule is CCN(CC(F)(F)F)c1ccc(CNC)c(C(F)(F)F)c1. The zero-order chi connectivity index (χ0) is 16.3. The van der Waals surface area contributed by atoms with Crippen LogP contribution in [0.4, 0.5) is 32.0 Å². The minimum Gasteiger partial charge on any atom is -0.363 e. The Morgan fingerprint density at radius 1 is 1.10 bits per heavy atom. The molecule has 0 fully saturated rings. The lowest BCUT2D eigenvalue weighted by molar-refractivity contribution is -0.138. The molecule has 1 N–H and O–H groups in total. The molecule has 0 spiro atoms. The van der Waals surface area contributed by atoms with E-state index in [-0.39, 0.29) is 24.3 Å². The predicted octanol–water partition coefficient (Wildman–Crippen LogP) is 3.81. The quantitative estimate of drug-likeness (QED) is 0.831. The van der Waals surface area contributed by atoms with Crippen molar-refractivity contribution in [1.29, 1.82) is 0 Å². The van der Waals surface area contributed by atoms with Crippen LogP contribution in [0.15, 0.2) is 18.2 Å². The van der Waals surface area contributed by atoms with Crippen LogP contribution < -0.4 is 10.2 Å². The highest BCUT2D eigenvalue weighted by atomic mass is 19.4. The fourth-order valence-corrected chi connectivity index (χ4v) is 1.97. The van der Waals surface area contributed by atoms with Gasteiger partial charge in [0.2, 0.25) is 0 Å². The van der Waals surface area contributed by atoms with Gasteiger partial charge in [0, 0.05) is 18.8 Å². The van der Waals surface area contributed by atoms with Crippen molar-refractivity contribution in [2.75, 3.05) is 25.0 Å². The second-order valence-corrected chi connectivity index (χ2v) is 4.50. The predicted molar refractivity (Wildman–Crippen MR) is 68.1 cm³/mol. The van der Waals surface area contributed by atoms with Gasteiger partial charge in [-0.15, -0.1) is 0 Å². The minimum atomic E-state index is -4.61. The van der Waals surface area contributed by atoms with E-state index in [4.69, 9.17) is 0 Å². The van der Waals surface area contributed by atoms with Crippen LogP contribution in [-0.4, -0.2) is 26.3 Å². The summed E-state index contributed by atoms with van der Waals surface area (Å²) in [6.45, 7) is 0.120. The Morgan fingerprint density at radius 3 is 2.14 bits per heavy atom. The fraction of sp³-hybridized carbons (Fsp3) is 0.538. The van der Waals surface area contributed by atoms with Gasteiger partial charge in [-0.3, -0.25) is 0 Å². The van der Waals surface area contributed by atoms with Crippen LogP contribution in [0.25, 0.3) is 0 Å². The van der Waals surface area contributed by atoms with Gasteiger partial charge in [-0.05, 0) is 31.7 Å². The van der Waals surface area contributed by atoms with Crippen molar-refractivity contribution in [2.45, 2.75) is 25.8 Å². The molecular formula is C13H16F6N2. The topological polar surface area (TPSA) is 15.3 Å². The summed E-state index contributed by atoms with van der Waals surface area (Å²) in [4.78, 5) is 0.860. The number of benzene rings is 1. The van der Waals surface area contributed by atoms with E-state index in [9.17, 15) is 26.3 Å². The maximum absolute atomic E-state index is 13.0. The van der Waals surface area contributed by atoms with Crippen LogP contribution >= 0.6 is 0 Å².